The number of aliphatic imine (C=N–C) groups is 1. The first-order valence-electron chi connectivity index (χ1n) is 12.5. The van der Waals surface area contributed by atoms with Crippen molar-refractivity contribution in [2.75, 3.05) is 12.4 Å². The third-order valence-electron chi connectivity index (χ3n) is 7.01. The first-order valence-corrected chi connectivity index (χ1v) is 13.3. The molecular formula is C27H32Cl2F4N4O. The molecule has 208 valence electrons. The Morgan fingerprint density at radius 3 is 2.24 bits per heavy atom. The molecule has 2 aromatic rings. The highest BCUT2D eigenvalue weighted by Crippen LogP contribution is 2.35. The molecule has 1 aliphatic rings. The molecule has 0 bridgehead atoms. The monoisotopic (exact) mass is 574 g/mol. The molecule has 5 nitrogen and oxygen atoms in total. The van der Waals surface area contributed by atoms with Gasteiger partial charge in [0.1, 0.15) is 11.9 Å². The van der Waals surface area contributed by atoms with Gasteiger partial charge in [-0.3, -0.25) is 9.69 Å². The maximum atomic E-state index is 14.3. The zero-order chi connectivity index (χ0) is 28.0. The Labute approximate surface area is 230 Å². The van der Waals surface area contributed by atoms with Gasteiger partial charge in [0.05, 0.1) is 0 Å². The molecule has 2 aromatic carbocycles. The number of anilines is 1. The minimum absolute atomic E-state index is 0.100. The Hall–Kier alpha value is -2.36. The molecule has 1 fully saturated rings. The van der Waals surface area contributed by atoms with Crippen LogP contribution in [0.4, 0.5) is 23.2 Å². The fourth-order valence-electron chi connectivity index (χ4n) is 4.85. The highest BCUT2D eigenvalue weighted by molar-refractivity contribution is 6.31. The number of hydrogen-bond donors (Lipinski definition) is 2. The molecule has 1 amide bonds. The highest BCUT2D eigenvalue weighted by atomic mass is 35.5. The summed E-state index contributed by atoms with van der Waals surface area (Å²) in [5.41, 5.74) is 0.399. The number of amides is 1. The number of guanidine groups is 1. The van der Waals surface area contributed by atoms with Crippen molar-refractivity contribution in [3.05, 3.63) is 63.9 Å². The number of nitrogens with one attached hydrogen (secondary N) is 2. The molecule has 0 heterocycles. The Bertz CT molecular complexity index is 1100. The van der Waals surface area contributed by atoms with E-state index in [0.29, 0.717) is 5.02 Å². The lowest BCUT2D eigenvalue weighted by Crippen LogP contribution is -2.57. The van der Waals surface area contributed by atoms with Gasteiger partial charge in [0, 0.05) is 39.3 Å². The van der Waals surface area contributed by atoms with Crippen LogP contribution >= 0.6 is 23.2 Å². The summed E-state index contributed by atoms with van der Waals surface area (Å²) in [7, 11) is 1.53. The minimum atomic E-state index is -4.47. The van der Waals surface area contributed by atoms with Gasteiger partial charge in [0.25, 0.3) is 5.91 Å². The zero-order valence-corrected chi connectivity index (χ0v) is 23.0. The molecule has 1 saturated carbocycles. The standard InChI is InChI=1S/C27H32Cl2F4N4O/c1-16(24(27(31,32)33)37(3)23-7-5-4-6-8-23)17(2)34-26(35-22-14-20(29)13-21(30)15-22)36-25(38)18-9-11-19(28)12-10-18/h9-17,23-24H,4-8H2,1-3H3,(H2,34,35,36,38). The van der Waals surface area contributed by atoms with Crippen molar-refractivity contribution in [3.63, 3.8) is 0 Å². The second kappa shape index (κ2) is 13.1. The van der Waals surface area contributed by atoms with Crippen LogP contribution in [0.5, 0.6) is 0 Å². The molecule has 0 aromatic heterocycles. The first-order chi connectivity index (χ1) is 17.8. The molecule has 3 rings (SSSR count). The van der Waals surface area contributed by atoms with E-state index in [-0.39, 0.29) is 28.3 Å². The number of rotatable bonds is 7. The lowest BCUT2D eigenvalue weighted by Gasteiger charge is -2.42. The molecule has 38 heavy (non-hydrogen) atoms. The normalized spacial score (nSPS) is 17.7. The van der Waals surface area contributed by atoms with E-state index in [1.807, 2.05) is 0 Å². The van der Waals surface area contributed by atoms with Gasteiger partial charge >= 0.3 is 6.18 Å². The van der Waals surface area contributed by atoms with Crippen molar-refractivity contribution in [2.24, 2.45) is 10.9 Å². The Balaban J connectivity index is 1.88. The van der Waals surface area contributed by atoms with Crippen LogP contribution in [-0.4, -0.2) is 48.1 Å². The molecule has 11 heteroatoms. The topological polar surface area (TPSA) is 56.7 Å². The van der Waals surface area contributed by atoms with Crippen molar-refractivity contribution in [2.45, 2.75) is 70.3 Å². The number of hydrogen-bond acceptors (Lipinski definition) is 2. The number of halogens is 6. The summed E-state index contributed by atoms with van der Waals surface area (Å²) >= 11 is 11.9. The van der Waals surface area contributed by atoms with Gasteiger partial charge in [-0.1, -0.05) is 49.4 Å². The van der Waals surface area contributed by atoms with E-state index in [1.165, 1.54) is 49.2 Å². The van der Waals surface area contributed by atoms with Crippen LogP contribution in [0.15, 0.2) is 47.5 Å². The van der Waals surface area contributed by atoms with Crippen LogP contribution in [-0.2, 0) is 0 Å². The third-order valence-corrected chi connectivity index (χ3v) is 7.48. The lowest BCUT2D eigenvalue weighted by molar-refractivity contribution is -0.201. The summed E-state index contributed by atoms with van der Waals surface area (Å²) in [6, 6.07) is 7.02. The maximum absolute atomic E-state index is 14.3. The summed E-state index contributed by atoms with van der Waals surface area (Å²) < 4.78 is 57.0. The van der Waals surface area contributed by atoms with Crippen molar-refractivity contribution < 1.29 is 22.4 Å². The summed E-state index contributed by atoms with van der Waals surface area (Å²) in [4.78, 5) is 18.4. The van der Waals surface area contributed by atoms with Crippen molar-refractivity contribution in [1.29, 1.82) is 0 Å². The Morgan fingerprint density at radius 2 is 1.66 bits per heavy atom. The van der Waals surface area contributed by atoms with Gasteiger partial charge in [0.2, 0.25) is 5.96 Å². The van der Waals surface area contributed by atoms with E-state index >= 15 is 0 Å². The summed E-state index contributed by atoms with van der Waals surface area (Å²) in [6.45, 7) is 3.12. The van der Waals surface area contributed by atoms with Crippen LogP contribution < -0.4 is 10.6 Å². The maximum Gasteiger partial charge on any atom is 0.404 e. The van der Waals surface area contributed by atoms with Gasteiger partial charge in [-0.25, -0.2) is 4.39 Å². The molecular weight excluding hydrogens is 543 g/mol. The van der Waals surface area contributed by atoms with Crippen LogP contribution in [0.2, 0.25) is 10.0 Å². The molecule has 3 unspecified atom stereocenters. The largest absolute Gasteiger partial charge is 0.404 e. The number of alkyl halides is 3. The van der Waals surface area contributed by atoms with E-state index < -0.39 is 35.9 Å². The predicted molar refractivity (Wildman–Crippen MR) is 144 cm³/mol. The predicted octanol–water partition coefficient (Wildman–Crippen LogP) is 7.55. The number of carbonyl (C=O) groups is 1. The smallest absolute Gasteiger partial charge is 0.353 e. The van der Waals surface area contributed by atoms with E-state index in [0.717, 1.165) is 44.2 Å². The quantitative estimate of drug-likeness (QED) is 0.203. The lowest BCUT2D eigenvalue weighted by atomic mass is 9.88. The Morgan fingerprint density at radius 1 is 1.03 bits per heavy atom. The fourth-order valence-corrected chi connectivity index (χ4v) is 5.20. The molecule has 0 aliphatic heterocycles. The van der Waals surface area contributed by atoms with Crippen molar-refractivity contribution in [3.8, 4) is 0 Å². The van der Waals surface area contributed by atoms with Crippen LogP contribution in [0, 0.1) is 11.7 Å². The average Bonchev–Trinajstić information content (AvgIpc) is 2.83. The van der Waals surface area contributed by atoms with Gasteiger partial charge in [-0.2, -0.15) is 18.2 Å². The second-order valence-corrected chi connectivity index (χ2v) is 10.7. The average molecular weight is 575 g/mol. The van der Waals surface area contributed by atoms with Crippen molar-refractivity contribution in [1.82, 2.24) is 10.2 Å². The highest BCUT2D eigenvalue weighted by Gasteiger charge is 2.48. The van der Waals surface area contributed by atoms with E-state index in [9.17, 15) is 22.4 Å². The Kier molecular flexibility index (Phi) is 10.4. The van der Waals surface area contributed by atoms with Gasteiger partial charge in [-0.15, -0.1) is 0 Å². The van der Waals surface area contributed by atoms with Crippen LogP contribution in [0.25, 0.3) is 0 Å². The number of carbonyl (C=O) groups excluding carboxylic acids is 1. The van der Waals surface area contributed by atoms with Crippen molar-refractivity contribution >= 4 is 40.8 Å². The molecule has 2 N–H and O–H groups in total. The van der Waals surface area contributed by atoms with E-state index in [2.05, 4.69) is 15.6 Å². The SMILES string of the molecule is CC(N/C(=N\C(=O)c1ccc(Cl)cc1)Nc1cc(F)cc(Cl)c1)C(C)C(N(C)C1CCCCC1)C(F)(F)F. The molecule has 1 aliphatic carbocycles. The number of benzene rings is 2. The molecule has 0 saturated heterocycles. The fraction of sp³-hybridized carbons (Fsp3) is 0.481. The third kappa shape index (κ3) is 8.32. The second-order valence-electron chi connectivity index (χ2n) is 9.79. The summed E-state index contributed by atoms with van der Waals surface area (Å²) in [5.74, 6) is -2.34. The van der Waals surface area contributed by atoms with Gasteiger partial charge in [0.15, 0.2) is 0 Å². The van der Waals surface area contributed by atoms with Gasteiger partial charge < -0.3 is 10.6 Å². The molecule has 0 spiro atoms. The minimum Gasteiger partial charge on any atom is -0.353 e. The van der Waals surface area contributed by atoms with E-state index in [1.54, 1.807) is 6.92 Å². The first kappa shape index (κ1) is 30.2. The molecule has 0 radical (unpaired) electrons. The van der Waals surface area contributed by atoms with E-state index in [4.69, 9.17) is 23.2 Å². The van der Waals surface area contributed by atoms with Crippen LogP contribution in [0.1, 0.15) is 56.3 Å². The summed E-state index contributed by atoms with van der Waals surface area (Å²) in [6.07, 6.45) is -0.173. The van der Waals surface area contributed by atoms with Crippen LogP contribution in [0.3, 0.4) is 0 Å². The number of nitrogens with zero attached hydrogens (tertiary/aromatic N) is 2. The summed E-state index contributed by atoms with van der Waals surface area (Å²) in [5, 5.41) is 6.26. The zero-order valence-electron chi connectivity index (χ0n) is 21.5. The molecule has 3 atom stereocenters. The van der Waals surface area contributed by atoms with Gasteiger partial charge in [-0.05, 0) is 69.3 Å².